The number of carbonyl (C=O) groups is 2. The standard InChI is InChI=1S/C11H18O3/c1-4-7-11(10(13)14-3)8(2)5-6-9(11)12/h8H,4-7H2,1-3H3/t8-,11-/m1/s1. The predicted octanol–water partition coefficient (Wildman–Crippen LogP) is 1.94. The fourth-order valence-corrected chi connectivity index (χ4v) is 2.47. The van der Waals surface area contributed by atoms with Crippen LogP contribution in [0.2, 0.25) is 0 Å². The SMILES string of the molecule is CCC[C@]1(C(=O)OC)C(=O)CC[C@H]1C. The maximum Gasteiger partial charge on any atom is 0.319 e. The average Bonchev–Trinajstić information content (AvgIpc) is 2.46. The van der Waals surface area contributed by atoms with Crippen molar-refractivity contribution in [3.05, 3.63) is 0 Å². The van der Waals surface area contributed by atoms with Gasteiger partial charge < -0.3 is 4.74 Å². The van der Waals surface area contributed by atoms with Gasteiger partial charge in [-0.15, -0.1) is 0 Å². The lowest BCUT2D eigenvalue weighted by molar-refractivity contribution is -0.159. The van der Waals surface area contributed by atoms with Crippen LogP contribution in [0.25, 0.3) is 0 Å². The Bertz CT molecular complexity index is 247. The number of hydrogen-bond donors (Lipinski definition) is 0. The molecule has 0 aromatic carbocycles. The van der Waals surface area contributed by atoms with Gasteiger partial charge in [0.1, 0.15) is 11.2 Å². The molecule has 1 saturated carbocycles. The first-order valence-electron chi connectivity index (χ1n) is 5.21. The summed E-state index contributed by atoms with van der Waals surface area (Å²) in [6, 6.07) is 0. The summed E-state index contributed by atoms with van der Waals surface area (Å²) in [7, 11) is 1.36. The summed E-state index contributed by atoms with van der Waals surface area (Å²) in [5.41, 5.74) is -0.830. The second-order valence-electron chi connectivity index (χ2n) is 4.08. The molecule has 80 valence electrons. The number of Topliss-reactive ketones (excluding diaryl/α,β-unsaturated/α-hetero) is 1. The minimum Gasteiger partial charge on any atom is -0.468 e. The molecule has 3 nitrogen and oxygen atoms in total. The second kappa shape index (κ2) is 4.11. The topological polar surface area (TPSA) is 43.4 Å². The molecule has 0 aromatic heterocycles. The van der Waals surface area contributed by atoms with Gasteiger partial charge in [0.15, 0.2) is 0 Å². The van der Waals surface area contributed by atoms with Gasteiger partial charge in [-0.1, -0.05) is 20.3 Å². The third-order valence-electron chi connectivity index (χ3n) is 3.34. The lowest BCUT2D eigenvalue weighted by atomic mass is 9.74. The average molecular weight is 198 g/mol. The summed E-state index contributed by atoms with van der Waals surface area (Å²) >= 11 is 0. The fourth-order valence-electron chi connectivity index (χ4n) is 2.47. The highest BCUT2D eigenvalue weighted by Crippen LogP contribution is 2.44. The van der Waals surface area contributed by atoms with Crippen molar-refractivity contribution in [1.82, 2.24) is 0 Å². The minimum atomic E-state index is -0.830. The number of hydrogen-bond acceptors (Lipinski definition) is 3. The molecule has 1 aliphatic carbocycles. The quantitative estimate of drug-likeness (QED) is 0.514. The molecule has 0 aromatic rings. The molecular weight excluding hydrogens is 180 g/mol. The third-order valence-corrected chi connectivity index (χ3v) is 3.34. The Morgan fingerprint density at radius 1 is 1.64 bits per heavy atom. The smallest absolute Gasteiger partial charge is 0.319 e. The van der Waals surface area contributed by atoms with Gasteiger partial charge in [-0.05, 0) is 18.8 Å². The first-order valence-corrected chi connectivity index (χ1v) is 5.21. The van der Waals surface area contributed by atoms with Gasteiger partial charge in [0.05, 0.1) is 7.11 Å². The van der Waals surface area contributed by atoms with Crippen LogP contribution in [0.3, 0.4) is 0 Å². The highest BCUT2D eigenvalue weighted by Gasteiger charge is 2.53. The van der Waals surface area contributed by atoms with Gasteiger partial charge in [0.25, 0.3) is 0 Å². The highest BCUT2D eigenvalue weighted by molar-refractivity contribution is 6.05. The van der Waals surface area contributed by atoms with Gasteiger partial charge in [0.2, 0.25) is 0 Å². The van der Waals surface area contributed by atoms with Crippen LogP contribution in [-0.2, 0) is 14.3 Å². The first kappa shape index (κ1) is 11.2. The highest BCUT2D eigenvalue weighted by atomic mass is 16.5. The Morgan fingerprint density at radius 3 is 2.64 bits per heavy atom. The van der Waals surface area contributed by atoms with E-state index in [1.54, 1.807) is 0 Å². The Hall–Kier alpha value is -0.860. The minimum absolute atomic E-state index is 0.0682. The van der Waals surface area contributed by atoms with Crippen molar-refractivity contribution in [3.8, 4) is 0 Å². The molecule has 1 aliphatic rings. The second-order valence-corrected chi connectivity index (χ2v) is 4.08. The summed E-state index contributed by atoms with van der Waals surface area (Å²) in [4.78, 5) is 23.5. The van der Waals surface area contributed by atoms with Crippen molar-refractivity contribution in [1.29, 1.82) is 0 Å². The molecule has 0 aliphatic heterocycles. The number of ether oxygens (including phenoxy) is 1. The van der Waals surface area contributed by atoms with Crippen molar-refractivity contribution < 1.29 is 14.3 Å². The molecular formula is C11H18O3. The van der Waals surface area contributed by atoms with Gasteiger partial charge in [-0.25, -0.2) is 0 Å². The van der Waals surface area contributed by atoms with Gasteiger partial charge in [0, 0.05) is 6.42 Å². The summed E-state index contributed by atoms with van der Waals surface area (Å²) in [6.07, 6.45) is 2.80. The van der Waals surface area contributed by atoms with Crippen LogP contribution in [0.4, 0.5) is 0 Å². The van der Waals surface area contributed by atoms with E-state index in [0.717, 1.165) is 12.8 Å². The Labute approximate surface area is 84.8 Å². The van der Waals surface area contributed by atoms with E-state index in [-0.39, 0.29) is 17.7 Å². The van der Waals surface area contributed by atoms with Gasteiger partial charge >= 0.3 is 5.97 Å². The maximum atomic E-state index is 11.8. The number of rotatable bonds is 3. The molecule has 0 radical (unpaired) electrons. The van der Waals surface area contributed by atoms with Crippen LogP contribution in [0.15, 0.2) is 0 Å². The molecule has 3 heteroatoms. The molecule has 0 spiro atoms. The molecule has 0 N–H and O–H groups in total. The van der Waals surface area contributed by atoms with Crippen LogP contribution in [0.5, 0.6) is 0 Å². The van der Waals surface area contributed by atoms with E-state index in [2.05, 4.69) is 0 Å². The lowest BCUT2D eigenvalue weighted by Gasteiger charge is -2.28. The van der Waals surface area contributed by atoms with Crippen molar-refractivity contribution in [2.45, 2.75) is 39.5 Å². The molecule has 0 saturated heterocycles. The number of methoxy groups -OCH3 is 1. The maximum absolute atomic E-state index is 11.8. The van der Waals surface area contributed by atoms with E-state index >= 15 is 0 Å². The van der Waals surface area contributed by atoms with Crippen LogP contribution < -0.4 is 0 Å². The Morgan fingerprint density at radius 2 is 2.29 bits per heavy atom. The normalized spacial score (nSPS) is 31.9. The summed E-state index contributed by atoms with van der Waals surface area (Å²) < 4.78 is 4.77. The van der Waals surface area contributed by atoms with E-state index in [1.807, 2.05) is 13.8 Å². The first-order chi connectivity index (χ1) is 6.59. The molecule has 0 bridgehead atoms. The van der Waals surface area contributed by atoms with Crippen molar-refractivity contribution in [2.24, 2.45) is 11.3 Å². The summed E-state index contributed by atoms with van der Waals surface area (Å²) in [6.45, 7) is 3.96. The lowest BCUT2D eigenvalue weighted by Crippen LogP contribution is -2.40. The van der Waals surface area contributed by atoms with Crippen LogP contribution in [-0.4, -0.2) is 18.9 Å². The molecule has 0 heterocycles. The van der Waals surface area contributed by atoms with Crippen molar-refractivity contribution in [3.63, 3.8) is 0 Å². The van der Waals surface area contributed by atoms with Crippen LogP contribution in [0, 0.1) is 11.3 Å². The molecule has 0 amide bonds. The molecule has 2 atom stereocenters. The van der Waals surface area contributed by atoms with Gasteiger partial charge in [-0.2, -0.15) is 0 Å². The van der Waals surface area contributed by atoms with E-state index in [4.69, 9.17) is 4.74 Å². The molecule has 1 rings (SSSR count). The molecule has 1 fully saturated rings. The number of esters is 1. The molecule has 0 unspecified atom stereocenters. The fraction of sp³-hybridized carbons (Fsp3) is 0.818. The predicted molar refractivity (Wildman–Crippen MR) is 52.8 cm³/mol. The largest absolute Gasteiger partial charge is 0.468 e. The van der Waals surface area contributed by atoms with Crippen molar-refractivity contribution >= 4 is 11.8 Å². The van der Waals surface area contributed by atoms with Gasteiger partial charge in [-0.3, -0.25) is 9.59 Å². The van der Waals surface area contributed by atoms with E-state index in [0.29, 0.717) is 12.8 Å². The zero-order valence-corrected chi connectivity index (χ0v) is 9.13. The zero-order valence-electron chi connectivity index (χ0n) is 9.13. The van der Waals surface area contributed by atoms with E-state index < -0.39 is 5.41 Å². The van der Waals surface area contributed by atoms with E-state index in [1.165, 1.54) is 7.11 Å². The molecule has 14 heavy (non-hydrogen) atoms. The Balaban J connectivity index is 3.01. The van der Waals surface area contributed by atoms with Crippen LogP contribution >= 0.6 is 0 Å². The number of ketones is 1. The number of carbonyl (C=O) groups excluding carboxylic acids is 2. The summed E-state index contributed by atoms with van der Waals surface area (Å²) in [5, 5.41) is 0. The van der Waals surface area contributed by atoms with Crippen LogP contribution in [0.1, 0.15) is 39.5 Å². The summed E-state index contributed by atoms with van der Waals surface area (Å²) in [5.74, 6) is -0.143. The monoisotopic (exact) mass is 198 g/mol. The van der Waals surface area contributed by atoms with Crippen molar-refractivity contribution in [2.75, 3.05) is 7.11 Å². The van der Waals surface area contributed by atoms with E-state index in [9.17, 15) is 9.59 Å². The third kappa shape index (κ3) is 1.45. The zero-order chi connectivity index (χ0) is 10.8. The Kier molecular flexibility index (Phi) is 3.29.